The number of aryl methyl sites for hydroxylation is 2. The highest BCUT2D eigenvalue weighted by Crippen LogP contribution is 2.28. The molecule has 0 saturated heterocycles. The van der Waals surface area contributed by atoms with Gasteiger partial charge in [-0.05, 0) is 19.1 Å². The molecule has 0 radical (unpaired) electrons. The number of carbonyl (C=O) groups excluding carboxylic acids is 1. The first kappa shape index (κ1) is 14.9. The topological polar surface area (TPSA) is 96.5 Å². The summed E-state index contributed by atoms with van der Waals surface area (Å²) >= 11 is 6.35. The molecule has 0 aromatic carbocycles. The van der Waals surface area contributed by atoms with Crippen molar-refractivity contribution in [3.8, 4) is 6.07 Å². The SMILES string of the molecule is Cc1nn(C)c2ncc(C(=O)Nc3ccc(C#N)cn3)c(Cl)c12. The molecule has 0 bridgehead atoms. The third kappa shape index (κ3) is 2.60. The Hall–Kier alpha value is -2.98. The van der Waals surface area contributed by atoms with Crippen LogP contribution in [-0.4, -0.2) is 25.7 Å². The summed E-state index contributed by atoms with van der Waals surface area (Å²) in [6.45, 7) is 1.81. The number of carbonyl (C=O) groups is 1. The van der Waals surface area contributed by atoms with Crippen molar-refractivity contribution >= 4 is 34.4 Å². The summed E-state index contributed by atoms with van der Waals surface area (Å²) in [5, 5.41) is 16.6. The van der Waals surface area contributed by atoms with E-state index in [2.05, 4.69) is 20.4 Å². The molecule has 0 aliphatic heterocycles. The molecule has 23 heavy (non-hydrogen) atoms. The van der Waals surface area contributed by atoms with Gasteiger partial charge < -0.3 is 5.32 Å². The van der Waals surface area contributed by atoms with Crippen molar-refractivity contribution < 1.29 is 4.79 Å². The van der Waals surface area contributed by atoms with Gasteiger partial charge in [0.15, 0.2) is 5.65 Å². The van der Waals surface area contributed by atoms with Gasteiger partial charge >= 0.3 is 0 Å². The Kier molecular flexibility index (Phi) is 3.68. The number of fused-ring (bicyclic) bond motifs is 1. The number of amides is 1. The van der Waals surface area contributed by atoms with Crippen LogP contribution in [0.25, 0.3) is 11.0 Å². The maximum absolute atomic E-state index is 12.4. The summed E-state index contributed by atoms with van der Waals surface area (Å²) in [4.78, 5) is 20.6. The second kappa shape index (κ2) is 5.66. The van der Waals surface area contributed by atoms with Crippen LogP contribution in [0.15, 0.2) is 24.5 Å². The molecular weight excluding hydrogens is 316 g/mol. The summed E-state index contributed by atoms with van der Waals surface area (Å²) in [5.41, 5.74) is 1.96. The second-order valence-electron chi connectivity index (χ2n) is 4.89. The van der Waals surface area contributed by atoms with Crippen molar-refractivity contribution in [1.82, 2.24) is 19.7 Å². The Labute approximate surface area is 136 Å². The van der Waals surface area contributed by atoms with Crippen LogP contribution in [0.1, 0.15) is 21.6 Å². The van der Waals surface area contributed by atoms with Crippen LogP contribution in [0.4, 0.5) is 5.82 Å². The van der Waals surface area contributed by atoms with Crippen LogP contribution in [0.5, 0.6) is 0 Å². The molecule has 0 unspecified atom stereocenters. The minimum absolute atomic E-state index is 0.237. The fourth-order valence-electron chi connectivity index (χ4n) is 2.24. The van der Waals surface area contributed by atoms with Crippen LogP contribution in [0, 0.1) is 18.3 Å². The molecule has 1 amide bonds. The number of rotatable bonds is 2. The molecule has 1 N–H and O–H groups in total. The number of nitrogens with one attached hydrogen (secondary N) is 1. The minimum atomic E-state index is -0.426. The Bertz CT molecular complexity index is 955. The molecule has 3 rings (SSSR count). The molecule has 7 nitrogen and oxygen atoms in total. The molecule has 3 aromatic heterocycles. The molecular formula is C15H11ClN6O. The molecule has 0 fully saturated rings. The number of hydrogen-bond donors (Lipinski definition) is 1. The van der Waals surface area contributed by atoms with Gasteiger partial charge in [0.25, 0.3) is 5.91 Å². The van der Waals surface area contributed by atoms with Crippen molar-refractivity contribution in [2.24, 2.45) is 7.05 Å². The number of pyridine rings is 2. The molecule has 3 heterocycles. The van der Waals surface area contributed by atoms with Crippen molar-refractivity contribution in [3.05, 3.63) is 46.4 Å². The van der Waals surface area contributed by atoms with Crippen LogP contribution in [0.2, 0.25) is 5.02 Å². The van der Waals surface area contributed by atoms with E-state index in [1.807, 2.05) is 6.07 Å². The standard InChI is InChI=1S/C15H11ClN6O/c1-8-12-13(16)10(7-19-14(12)22(2)21-8)15(23)20-11-4-3-9(5-17)6-18-11/h3-4,6-7H,1-2H3,(H,18,20,23). The zero-order valence-electron chi connectivity index (χ0n) is 12.3. The Morgan fingerprint density at radius 3 is 2.78 bits per heavy atom. The maximum atomic E-state index is 12.4. The maximum Gasteiger partial charge on any atom is 0.259 e. The van der Waals surface area contributed by atoms with Gasteiger partial charge in [-0.15, -0.1) is 0 Å². The molecule has 0 aliphatic carbocycles. The van der Waals surface area contributed by atoms with Crippen molar-refractivity contribution in [2.75, 3.05) is 5.32 Å². The van der Waals surface area contributed by atoms with Crippen LogP contribution < -0.4 is 5.32 Å². The first-order valence-corrected chi connectivity index (χ1v) is 7.04. The molecule has 0 atom stereocenters. The largest absolute Gasteiger partial charge is 0.306 e. The van der Waals surface area contributed by atoms with Crippen molar-refractivity contribution in [1.29, 1.82) is 5.26 Å². The summed E-state index contributed by atoms with van der Waals surface area (Å²) < 4.78 is 1.61. The lowest BCUT2D eigenvalue weighted by molar-refractivity contribution is 0.102. The number of halogens is 1. The van der Waals surface area contributed by atoms with Gasteiger partial charge in [0.1, 0.15) is 11.9 Å². The summed E-state index contributed by atoms with van der Waals surface area (Å²) in [6, 6.07) is 5.08. The van der Waals surface area contributed by atoms with Gasteiger partial charge in [0.05, 0.1) is 27.2 Å². The first-order chi connectivity index (χ1) is 11.0. The van der Waals surface area contributed by atoms with E-state index in [4.69, 9.17) is 16.9 Å². The summed E-state index contributed by atoms with van der Waals surface area (Å²) in [5.74, 6) is -0.0991. The van der Waals surface area contributed by atoms with Gasteiger partial charge in [-0.2, -0.15) is 10.4 Å². The molecule has 0 saturated carbocycles. The summed E-state index contributed by atoms with van der Waals surface area (Å²) in [6.07, 6.45) is 2.79. The van der Waals surface area contributed by atoms with Gasteiger partial charge in [0, 0.05) is 19.4 Å². The van der Waals surface area contributed by atoms with E-state index in [1.165, 1.54) is 12.4 Å². The lowest BCUT2D eigenvalue weighted by atomic mass is 10.2. The van der Waals surface area contributed by atoms with Crippen LogP contribution in [0.3, 0.4) is 0 Å². The lowest BCUT2D eigenvalue weighted by Crippen LogP contribution is -2.14. The lowest BCUT2D eigenvalue weighted by Gasteiger charge is -2.07. The third-order valence-electron chi connectivity index (χ3n) is 3.34. The highest BCUT2D eigenvalue weighted by Gasteiger charge is 2.18. The minimum Gasteiger partial charge on any atom is -0.306 e. The molecule has 0 aliphatic rings. The molecule has 114 valence electrons. The second-order valence-corrected chi connectivity index (χ2v) is 5.27. The number of hydrogen-bond acceptors (Lipinski definition) is 5. The van der Waals surface area contributed by atoms with E-state index in [-0.39, 0.29) is 5.56 Å². The van der Waals surface area contributed by atoms with E-state index < -0.39 is 5.91 Å². The average molecular weight is 327 g/mol. The van der Waals surface area contributed by atoms with Gasteiger partial charge in [-0.25, -0.2) is 9.97 Å². The smallest absolute Gasteiger partial charge is 0.259 e. The third-order valence-corrected chi connectivity index (χ3v) is 3.74. The highest BCUT2D eigenvalue weighted by molar-refractivity contribution is 6.39. The number of anilines is 1. The zero-order chi connectivity index (χ0) is 16.6. The van der Waals surface area contributed by atoms with E-state index in [9.17, 15) is 4.79 Å². The first-order valence-electron chi connectivity index (χ1n) is 6.66. The Morgan fingerprint density at radius 2 is 2.13 bits per heavy atom. The zero-order valence-corrected chi connectivity index (χ0v) is 13.1. The monoisotopic (exact) mass is 326 g/mol. The molecule has 8 heteroatoms. The van der Waals surface area contributed by atoms with Crippen molar-refractivity contribution in [3.63, 3.8) is 0 Å². The predicted octanol–water partition coefficient (Wildman–Crippen LogP) is 2.45. The Balaban J connectivity index is 1.96. The summed E-state index contributed by atoms with van der Waals surface area (Å²) in [7, 11) is 1.76. The average Bonchev–Trinajstić information content (AvgIpc) is 2.83. The van der Waals surface area contributed by atoms with E-state index in [1.54, 1.807) is 30.8 Å². The molecule has 0 spiro atoms. The fraction of sp³-hybridized carbons (Fsp3) is 0.133. The quantitative estimate of drug-likeness (QED) is 0.780. The van der Waals surface area contributed by atoms with E-state index in [0.717, 1.165) is 0 Å². The predicted molar refractivity (Wildman–Crippen MR) is 85.2 cm³/mol. The fourth-order valence-corrected chi connectivity index (χ4v) is 2.60. The van der Waals surface area contributed by atoms with Gasteiger partial charge in [-0.1, -0.05) is 11.6 Å². The van der Waals surface area contributed by atoms with Gasteiger partial charge in [-0.3, -0.25) is 9.48 Å². The van der Waals surface area contributed by atoms with Crippen LogP contribution >= 0.6 is 11.6 Å². The normalized spacial score (nSPS) is 10.5. The molecule has 3 aromatic rings. The highest BCUT2D eigenvalue weighted by atomic mass is 35.5. The number of nitrogens with zero attached hydrogens (tertiary/aromatic N) is 5. The van der Waals surface area contributed by atoms with E-state index >= 15 is 0 Å². The number of aromatic nitrogens is 4. The Morgan fingerprint density at radius 1 is 1.35 bits per heavy atom. The van der Waals surface area contributed by atoms with Crippen LogP contribution in [-0.2, 0) is 7.05 Å². The van der Waals surface area contributed by atoms with E-state index in [0.29, 0.717) is 33.1 Å². The number of nitriles is 1. The van der Waals surface area contributed by atoms with Gasteiger partial charge in [0.2, 0.25) is 0 Å². The van der Waals surface area contributed by atoms with Crippen molar-refractivity contribution in [2.45, 2.75) is 6.92 Å².